The Morgan fingerprint density at radius 1 is 1.50 bits per heavy atom. The lowest BCUT2D eigenvalue weighted by Crippen LogP contribution is -2.31. The van der Waals surface area contributed by atoms with Crippen LogP contribution in [0.5, 0.6) is 0 Å². The molecule has 0 atom stereocenters. The van der Waals surface area contributed by atoms with E-state index in [0.29, 0.717) is 0 Å². The Labute approximate surface area is 87.1 Å². The van der Waals surface area contributed by atoms with E-state index < -0.39 is 11.2 Å². The van der Waals surface area contributed by atoms with Crippen molar-refractivity contribution >= 4 is 27.7 Å². The number of halogens is 1. The number of anilines is 1. The fraction of sp³-hybridized carbons (Fsp3) is 0.286. The standard InChI is InChI=1S/C7H8BrN3O3/c1-3(12)9-5-4(8)6(13)10-7(14)11(5)2/h1-2H3,(H,9,12)(H,10,13,14). The molecule has 6 nitrogen and oxygen atoms in total. The van der Waals surface area contributed by atoms with Gasteiger partial charge >= 0.3 is 5.69 Å². The first-order valence-electron chi connectivity index (χ1n) is 3.70. The molecule has 1 aromatic rings. The van der Waals surface area contributed by atoms with Gasteiger partial charge in [-0.2, -0.15) is 0 Å². The molecule has 0 aliphatic rings. The molecular formula is C7H8BrN3O3. The average molecular weight is 262 g/mol. The van der Waals surface area contributed by atoms with Crippen LogP contribution >= 0.6 is 15.9 Å². The summed E-state index contributed by atoms with van der Waals surface area (Å²) >= 11 is 2.98. The lowest BCUT2D eigenvalue weighted by molar-refractivity contribution is -0.114. The minimum atomic E-state index is -0.582. The zero-order chi connectivity index (χ0) is 10.9. The molecule has 0 fully saturated rings. The van der Waals surface area contributed by atoms with Crippen molar-refractivity contribution in [3.8, 4) is 0 Å². The van der Waals surface area contributed by atoms with Crippen LogP contribution in [0.15, 0.2) is 14.1 Å². The molecule has 0 spiro atoms. The number of carbonyl (C=O) groups is 1. The number of aromatic amines is 1. The van der Waals surface area contributed by atoms with Crippen molar-refractivity contribution < 1.29 is 4.79 Å². The van der Waals surface area contributed by atoms with E-state index >= 15 is 0 Å². The van der Waals surface area contributed by atoms with Gasteiger partial charge in [0.15, 0.2) is 0 Å². The molecule has 14 heavy (non-hydrogen) atoms. The molecule has 0 unspecified atom stereocenters. The summed E-state index contributed by atoms with van der Waals surface area (Å²) in [4.78, 5) is 35.1. The first kappa shape index (κ1) is 10.7. The van der Waals surface area contributed by atoms with Crippen molar-refractivity contribution in [3.05, 3.63) is 25.3 Å². The van der Waals surface area contributed by atoms with Gasteiger partial charge in [0.25, 0.3) is 5.56 Å². The smallest absolute Gasteiger partial charge is 0.311 e. The molecule has 1 aromatic heterocycles. The van der Waals surface area contributed by atoms with Crippen molar-refractivity contribution in [3.63, 3.8) is 0 Å². The van der Waals surface area contributed by atoms with E-state index in [1.54, 1.807) is 0 Å². The third kappa shape index (κ3) is 1.92. The van der Waals surface area contributed by atoms with Gasteiger partial charge < -0.3 is 5.32 Å². The number of aromatic nitrogens is 2. The number of carbonyl (C=O) groups excluding carboxylic acids is 1. The highest BCUT2D eigenvalue weighted by Gasteiger charge is 2.10. The molecule has 0 aromatic carbocycles. The molecule has 0 aliphatic heterocycles. The Kier molecular flexibility index (Phi) is 2.90. The average Bonchev–Trinajstić information content (AvgIpc) is 2.09. The lowest BCUT2D eigenvalue weighted by Gasteiger charge is -2.08. The van der Waals surface area contributed by atoms with E-state index in [1.807, 2.05) is 0 Å². The maximum atomic E-state index is 11.1. The molecule has 0 aliphatic carbocycles. The maximum absolute atomic E-state index is 11.1. The summed E-state index contributed by atoms with van der Waals surface area (Å²) < 4.78 is 1.25. The Morgan fingerprint density at radius 2 is 2.07 bits per heavy atom. The molecule has 0 bridgehead atoms. The minimum Gasteiger partial charge on any atom is -0.311 e. The van der Waals surface area contributed by atoms with Gasteiger partial charge in [0.2, 0.25) is 5.91 Å². The third-order valence-corrected chi connectivity index (χ3v) is 2.30. The van der Waals surface area contributed by atoms with Crippen LogP contribution in [0.1, 0.15) is 6.92 Å². The monoisotopic (exact) mass is 261 g/mol. The summed E-state index contributed by atoms with van der Waals surface area (Å²) in [6.45, 7) is 1.29. The van der Waals surface area contributed by atoms with Crippen LogP contribution in [0.2, 0.25) is 0 Å². The molecule has 0 saturated heterocycles. The fourth-order valence-corrected chi connectivity index (χ4v) is 1.36. The van der Waals surface area contributed by atoms with Crippen LogP contribution in [0.4, 0.5) is 5.82 Å². The first-order valence-corrected chi connectivity index (χ1v) is 4.49. The van der Waals surface area contributed by atoms with E-state index in [2.05, 4.69) is 26.2 Å². The zero-order valence-corrected chi connectivity index (χ0v) is 9.14. The molecule has 7 heteroatoms. The van der Waals surface area contributed by atoms with E-state index in [0.717, 1.165) is 4.57 Å². The van der Waals surface area contributed by atoms with Crippen LogP contribution in [0.3, 0.4) is 0 Å². The zero-order valence-electron chi connectivity index (χ0n) is 7.55. The molecule has 0 radical (unpaired) electrons. The second-order valence-electron chi connectivity index (χ2n) is 2.66. The highest BCUT2D eigenvalue weighted by atomic mass is 79.9. The number of rotatable bonds is 1. The summed E-state index contributed by atoms with van der Waals surface area (Å²) in [6.07, 6.45) is 0. The van der Waals surface area contributed by atoms with Crippen molar-refractivity contribution in [2.24, 2.45) is 7.05 Å². The Bertz CT molecular complexity index is 454. The number of amides is 1. The van der Waals surface area contributed by atoms with Crippen molar-refractivity contribution in [1.82, 2.24) is 9.55 Å². The minimum absolute atomic E-state index is 0.120. The van der Waals surface area contributed by atoms with Crippen molar-refractivity contribution in [2.75, 3.05) is 5.32 Å². The van der Waals surface area contributed by atoms with Gasteiger partial charge in [0, 0.05) is 14.0 Å². The normalized spacial score (nSPS) is 9.93. The predicted molar refractivity (Wildman–Crippen MR) is 54.3 cm³/mol. The largest absolute Gasteiger partial charge is 0.329 e. The highest BCUT2D eigenvalue weighted by molar-refractivity contribution is 9.10. The molecule has 0 saturated carbocycles. The van der Waals surface area contributed by atoms with Gasteiger partial charge in [-0.05, 0) is 15.9 Å². The molecule has 1 rings (SSSR count). The highest BCUT2D eigenvalue weighted by Crippen LogP contribution is 2.13. The molecule has 76 valence electrons. The van der Waals surface area contributed by atoms with Crippen molar-refractivity contribution in [1.29, 1.82) is 0 Å². The van der Waals surface area contributed by atoms with Crippen LogP contribution in [0.25, 0.3) is 0 Å². The Morgan fingerprint density at radius 3 is 2.57 bits per heavy atom. The van der Waals surface area contributed by atoms with Crippen LogP contribution in [-0.2, 0) is 11.8 Å². The van der Waals surface area contributed by atoms with Gasteiger partial charge in [-0.1, -0.05) is 0 Å². The third-order valence-electron chi connectivity index (χ3n) is 1.56. The van der Waals surface area contributed by atoms with E-state index in [-0.39, 0.29) is 16.2 Å². The summed E-state index contributed by atoms with van der Waals surface area (Å²) in [5.41, 5.74) is -1.15. The molecule has 1 amide bonds. The van der Waals surface area contributed by atoms with Crippen LogP contribution in [0, 0.1) is 0 Å². The quantitative estimate of drug-likeness (QED) is 0.734. The predicted octanol–water partition coefficient (Wildman–Crippen LogP) is -0.206. The number of hydrogen-bond acceptors (Lipinski definition) is 3. The SMILES string of the molecule is CC(=O)Nc1c(Br)c(=O)[nH]c(=O)n1C. The van der Waals surface area contributed by atoms with Gasteiger partial charge in [0.05, 0.1) is 0 Å². The first-order chi connectivity index (χ1) is 6.43. The molecular weight excluding hydrogens is 254 g/mol. The summed E-state index contributed by atoms with van der Waals surface area (Å²) in [5, 5.41) is 2.38. The molecule has 1 heterocycles. The van der Waals surface area contributed by atoms with Gasteiger partial charge in [-0.25, -0.2) is 4.79 Å². The van der Waals surface area contributed by atoms with Gasteiger partial charge in [-0.15, -0.1) is 0 Å². The van der Waals surface area contributed by atoms with Crippen molar-refractivity contribution in [2.45, 2.75) is 6.92 Å². The summed E-state index contributed by atoms with van der Waals surface area (Å²) in [6, 6.07) is 0. The lowest BCUT2D eigenvalue weighted by atomic mass is 10.5. The Hall–Kier alpha value is -1.37. The van der Waals surface area contributed by atoms with Gasteiger partial charge in [0.1, 0.15) is 10.3 Å². The fourth-order valence-electron chi connectivity index (χ4n) is 0.898. The summed E-state index contributed by atoms with van der Waals surface area (Å²) in [5.74, 6) is -0.211. The number of H-pyrrole nitrogens is 1. The molecule has 2 N–H and O–H groups in total. The number of nitrogens with one attached hydrogen (secondary N) is 2. The number of nitrogens with zero attached hydrogens (tertiary/aromatic N) is 1. The van der Waals surface area contributed by atoms with E-state index in [4.69, 9.17) is 0 Å². The van der Waals surface area contributed by atoms with E-state index in [1.165, 1.54) is 14.0 Å². The maximum Gasteiger partial charge on any atom is 0.329 e. The second kappa shape index (κ2) is 3.79. The van der Waals surface area contributed by atoms with Gasteiger partial charge in [-0.3, -0.25) is 19.1 Å². The topological polar surface area (TPSA) is 84.0 Å². The Balaban J connectivity index is 3.47. The van der Waals surface area contributed by atoms with E-state index in [9.17, 15) is 14.4 Å². The second-order valence-corrected chi connectivity index (χ2v) is 3.46. The number of hydrogen-bond donors (Lipinski definition) is 2. The summed E-state index contributed by atoms with van der Waals surface area (Å²) in [7, 11) is 1.44. The van der Waals surface area contributed by atoms with Crippen LogP contribution in [-0.4, -0.2) is 15.5 Å². The van der Waals surface area contributed by atoms with Crippen LogP contribution < -0.4 is 16.6 Å².